The van der Waals surface area contributed by atoms with Gasteiger partial charge < -0.3 is 11.1 Å². The largest absolute Gasteiger partial charge is 0.370 e. The molecule has 0 spiro atoms. The van der Waals surface area contributed by atoms with Crippen LogP contribution in [0.4, 0.5) is 0 Å². The zero-order valence-electron chi connectivity index (χ0n) is 16.1. The van der Waals surface area contributed by atoms with Gasteiger partial charge in [-0.2, -0.15) is 5.10 Å². The number of benzene rings is 1. The lowest BCUT2D eigenvalue weighted by Gasteiger charge is -2.23. The summed E-state index contributed by atoms with van der Waals surface area (Å²) < 4.78 is 1.97. The lowest BCUT2D eigenvalue weighted by molar-refractivity contribution is 0.267. The van der Waals surface area contributed by atoms with Crippen LogP contribution >= 0.6 is 0 Å². The molecule has 0 saturated carbocycles. The Kier molecular flexibility index (Phi) is 5.93. The van der Waals surface area contributed by atoms with Crippen LogP contribution < -0.4 is 11.1 Å². The van der Waals surface area contributed by atoms with E-state index < -0.39 is 0 Å². The second-order valence-corrected chi connectivity index (χ2v) is 6.97. The van der Waals surface area contributed by atoms with Gasteiger partial charge >= 0.3 is 0 Å². The van der Waals surface area contributed by atoms with Crippen LogP contribution in [0, 0.1) is 13.8 Å². The summed E-state index contributed by atoms with van der Waals surface area (Å²) in [6.45, 7) is 9.98. The SMILES string of the molecule is CCN1CCCC1CNC(N)=NCc1ccccc1-n1nc(C)cc1C. The second-order valence-electron chi connectivity index (χ2n) is 6.97. The summed E-state index contributed by atoms with van der Waals surface area (Å²) in [4.78, 5) is 7.05. The fourth-order valence-electron chi connectivity index (χ4n) is 3.72. The summed E-state index contributed by atoms with van der Waals surface area (Å²) in [5, 5.41) is 7.89. The smallest absolute Gasteiger partial charge is 0.188 e. The van der Waals surface area contributed by atoms with Gasteiger partial charge in [0, 0.05) is 18.3 Å². The highest BCUT2D eigenvalue weighted by molar-refractivity contribution is 5.77. The molecule has 3 rings (SSSR count). The van der Waals surface area contributed by atoms with Crippen LogP contribution in [0.5, 0.6) is 0 Å². The Morgan fingerprint density at radius 1 is 1.35 bits per heavy atom. The number of nitrogens with two attached hydrogens (primary N) is 1. The maximum Gasteiger partial charge on any atom is 0.188 e. The van der Waals surface area contributed by atoms with Crippen LogP contribution in [0.1, 0.15) is 36.7 Å². The lowest BCUT2D eigenvalue weighted by atomic mass is 10.2. The quantitative estimate of drug-likeness (QED) is 0.617. The number of aromatic nitrogens is 2. The Morgan fingerprint density at radius 3 is 2.88 bits per heavy atom. The van der Waals surface area contributed by atoms with Crippen molar-refractivity contribution in [1.82, 2.24) is 20.0 Å². The predicted molar refractivity (Wildman–Crippen MR) is 107 cm³/mol. The second kappa shape index (κ2) is 8.36. The Labute approximate surface area is 156 Å². The van der Waals surface area contributed by atoms with Crippen molar-refractivity contribution >= 4 is 5.96 Å². The van der Waals surface area contributed by atoms with Crippen molar-refractivity contribution in [2.75, 3.05) is 19.6 Å². The molecule has 6 heteroatoms. The van der Waals surface area contributed by atoms with Crippen molar-refractivity contribution in [3.8, 4) is 5.69 Å². The molecule has 1 aromatic heterocycles. The standard InChI is InChI=1S/C20H30N6/c1-4-25-11-7-9-18(25)14-23-20(21)22-13-17-8-5-6-10-19(17)26-16(3)12-15(2)24-26/h5-6,8,10,12,18H,4,7,9,11,13-14H2,1-3H3,(H3,21,22,23). The highest BCUT2D eigenvalue weighted by Gasteiger charge is 2.22. The first-order chi connectivity index (χ1) is 12.6. The van der Waals surface area contributed by atoms with E-state index in [0.717, 1.165) is 35.7 Å². The summed E-state index contributed by atoms with van der Waals surface area (Å²) in [6.07, 6.45) is 2.50. The van der Waals surface area contributed by atoms with Crippen LogP contribution in [-0.2, 0) is 6.54 Å². The van der Waals surface area contributed by atoms with E-state index in [0.29, 0.717) is 18.5 Å². The molecule has 0 amide bonds. The highest BCUT2D eigenvalue weighted by atomic mass is 15.3. The molecule has 1 aliphatic heterocycles. The number of para-hydroxylation sites is 1. The molecule has 1 aliphatic rings. The molecular formula is C20H30N6. The first kappa shape index (κ1) is 18.5. The van der Waals surface area contributed by atoms with Gasteiger partial charge in [0.15, 0.2) is 5.96 Å². The van der Waals surface area contributed by atoms with E-state index >= 15 is 0 Å². The van der Waals surface area contributed by atoms with Gasteiger partial charge in [-0.05, 0) is 57.5 Å². The van der Waals surface area contributed by atoms with Gasteiger partial charge in [-0.15, -0.1) is 0 Å². The minimum atomic E-state index is 0.510. The first-order valence-electron chi connectivity index (χ1n) is 9.48. The Bertz CT molecular complexity index is 763. The zero-order chi connectivity index (χ0) is 18.5. The number of aliphatic imine (C=N–C) groups is 1. The highest BCUT2D eigenvalue weighted by Crippen LogP contribution is 2.18. The number of hydrogen-bond donors (Lipinski definition) is 2. The molecule has 1 fully saturated rings. The van der Waals surface area contributed by atoms with E-state index in [4.69, 9.17) is 5.73 Å². The van der Waals surface area contributed by atoms with Gasteiger partial charge in [-0.3, -0.25) is 4.90 Å². The average molecular weight is 355 g/mol. The molecular weight excluding hydrogens is 324 g/mol. The Hall–Kier alpha value is -2.34. The maximum atomic E-state index is 6.11. The predicted octanol–water partition coefficient (Wildman–Crippen LogP) is 2.38. The fraction of sp³-hybridized carbons (Fsp3) is 0.500. The number of nitrogens with one attached hydrogen (secondary N) is 1. The summed E-state index contributed by atoms with van der Waals surface area (Å²) in [7, 11) is 0. The zero-order valence-corrected chi connectivity index (χ0v) is 16.1. The van der Waals surface area contributed by atoms with Crippen molar-refractivity contribution in [2.24, 2.45) is 10.7 Å². The van der Waals surface area contributed by atoms with E-state index in [2.05, 4.69) is 52.4 Å². The minimum Gasteiger partial charge on any atom is -0.370 e. The molecule has 1 atom stereocenters. The van der Waals surface area contributed by atoms with Crippen LogP contribution in [0.3, 0.4) is 0 Å². The first-order valence-corrected chi connectivity index (χ1v) is 9.48. The van der Waals surface area contributed by atoms with Crippen molar-refractivity contribution in [1.29, 1.82) is 0 Å². The van der Waals surface area contributed by atoms with Gasteiger partial charge in [0.25, 0.3) is 0 Å². The molecule has 0 bridgehead atoms. The van der Waals surface area contributed by atoms with Gasteiger partial charge in [0.05, 0.1) is 17.9 Å². The number of likely N-dealkylation sites (N-methyl/N-ethyl adjacent to an activating group) is 1. The van der Waals surface area contributed by atoms with Gasteiger partial charge in [0.2, 0.25) is 0 Å². The molecule has 1 saturated heterocycles. The van der Waals surface area contributed by atoms with Crippen molar-refractivity contribution < 1.29 is 0 Å². The molecule has 0 radical (unpaired) electrons. The summed E-state index contributed by atoms with van der Waals surface area (Å²) in [5.41, 5.74) is 10.4. The molecule has 140 valence electrons. The van der Waals surface area contributed by atoms with Gasteiger partial charge in [-0.25, -0.2) is 9.67 Å². The summed E-state index contributed by atoms with van der Waals surface area (Å²) in [5.74, 6) is 0.510. The van der Waals surface area contributed by atoms with Crippen LogP contribution in [0.2, 0.25) is 0 Å². The average Bonchev–Trinajstić information content (AvgIpc) is 3.23. The van der Waals surface area contributed by atoms with Crippen LogP contribution in [-0.4, -0.2) is 46.3 Å². The molecule has 2 heterocycles. The molecule has 1 aromatic carbocycles. The molecule has 6 nitrogen and oxygen atoms in total. The maximum absolute atomic E-state index is 6.11. The molecule has 26 heavy (non-hydrogen) atoms. The van der Waals surface area contributed by atoms with Gasteiger partial charge in [0.1, 0.15) is 0 Å². The summed E-state index contributed by atoms with van der Waals surface area (Å²) >= 11 is 0. The van der Waals surface area contributed by atoms with Gasteiger partial charge in [-0.1, -0.05) is 25.1 Å². The third-order valence-corrected chi connectivity index (χ3v) is 5.07. The minimum absolute atomic E-state index is 0.510. The van der Waals surface area contributed by atoms with E-state index in [1.165, 1.54) is 19.4 Å². The van der Waals surface area contributed by atoms with Crippen molar-refractivity contribution in [3.05, 3.63) is 47.3 Å². The van der Waals surface area contributed by atoms with Crippen molar-refractivity contribution in [3.63, 3.8) is 0 Å². The number of rotatable bonds is 6. The fourth-order valence-corrected chi connectivity index (χ4v) is 3.72. The number of likely N-dealkylation sites (tertiary alicyclic amines) is 1. The van der Waals surface area contributed by atoms with E-state index in [9.17, 15) is 0 Å². The van der Waals surface area contributed by atoms with Crippen molar-refractivity contribution in [2.45, 2.75) is 46.2 Å². The topological polar surface area (TPSA) is 71.5 Å². The van der Waals surface area contributed by atoms with Crippen LogP contribution in [0.25, 0.3) is 5.69 Å². The lowest BCUT2D eigenvalue weighted by Crippen LogP contribution is -2.42. The third-order valence-electron chi connectivity index (χ3n) is 5.07. The Morgan fingerprint density at radius 2 is 2.15 bits per heavy atom. The van der Waals surface area contributed by atoms with E-state index in [1.54, 1.807) is 0 Å². The third kappa shape index (κ3) is 4.25. The number of aryl methyl sites for hydroxylation is 2. The number of guanidine groups is 1. The monoisotopic (exact) mass is 354 g/mol. The van der Waals surface area contributed by atoms with E-state index in [-0.39, 0.29) is 0 Å². The number of hydrogen-bond acceptors (Lipinski definition) is 3. The molecule has 2 aromatic rings. The molecule has 3 N–H and O–H groups in total. The Balaban J connectivity index is 1.65. The van der Waals surface area contributed by atoms with Crippen LogP contribution in [0.15, 0.2) is 35.3 Å². The normalized spacial score (nSPS) is 18.4. The molecule has 0 aliphatic carbocycles. The molecule has 1 unspecified atom stereocenters. The van der Waals surface area contributed by atoms with E-state index in [1.807, 2.05) is 23.7 Å². The number of nitrogens with zero attached hydrogens (tertiary/aromatic N) is 4. The summed E-state index contributed by atoms with van der Waals surface area (Å²) in [6, 6.07) is 10.9.